The van der Waals surface area contributed by atoms with Gasteiger partial charge in [-0.15, -0.1) is 0 Å². The molecule has 0 saturated heterocycles. The third-order valence-electron chi connectivity index (χ3n) is 2.04. The van der Waals surface area contributed by atoms with Crippen molar-refractivity contribution in [2.75, 3.05) is 13.2 Å². The van der Waals surface area contributed by atoms with Crippen LogP contribution < -0.4 is 0 Å². The van der Waals surface area contributed by atoms with Crippen molar-refractivity contribution in [3.05, 3.63) is 0 Å². The van der Waals surface area contributed by atoms with Crippen molar-refractivity contribution in [1.29, 1.82) is 0 Å². The largest absolute Gasteiger partial charge is 0.481 e. The zero-order valence-electron chi connectivity index (χ0n) is 8.93. The van der Waals surface area contributed by atoms with Gasteiger partial charge in [0.25, 0.3) is 0 Å². The summed E-state index contributed by atoms with van der Waals surface area (Å²) in [6, 6.07) is 0. The Morgan fingerprint density at radius 2 is 1.40 bits per heavy atom. The fraction of sp³-hybridized carbons (Fsp3) is 0.778. The number of rotatable bonds is 5. The fourth-order valence-electron chi connectivity index (χ4n) is 0.560. The van der Waals surface area contributed by atoms with Crippen LogP contribution in [0.5, 0.6) is 0 Å². The van der Waals surface area contributed by atoms with Crippen LogP contribution >= 0.6 is 0 Å². The Kier molecular flexibility index (Phi) is 8.90. The van der Waals surface area contributed by atoms with E-state index in [2.05, 4.69) is 0 Å². The number of aliphatic carboxylic acids is 2. The van der Waals surface area contributed by atoms with Gasteiger partial charge >= 0.3 is 11.9 Å². The van der Waals surface area contributed by atoms with Crippen LogP contribution in [0, 0.1) is 5.41 Å². The Morgan fingerprint density at radius 1 is 1.07 bits per heavy atom. The molecule has 0 heterocycles. The molecule has 0 aromatic carbocycles. The number of carbonyl (C=O) groups is 2. The minimum atomic E-state index is -1.35. The number of hydrogen-bond acceptors (Lipinski definition) is 4. The Labute approximate surface area is 88.2 Å². The Hall–Kier alpha value is -1.14. The summed E-state index contributed by atoms with van der Waals surface area (Å²) in [5.74, 6) is -1.90. The van der Waals surface area contributed by atoms with E-state index in [0.29, 0.717) is 0 Å². The minimum absolute atomic E-state index is 0.222. The molecule has 4 N–H and O–H groups in total. The molecule has 0 saturated carbocycles. The van der Waals surface area contributed by atoms with Crippen LogP contribution in [0.25, 0.3) is 0 Å². The molecule has 0 aromatic rings. The summed E-state index contributed by atoms with van der Waals surface area (Å²) in [5.41, 5.74) is -1.35. The van der Waals surface area contributed by atoms with E-state index in [1.807, 2.05) is 0 Å². The topological polar surface area (TPSA) is 115 Å². The van der Waals surface area contributed by atoms with Gasteiger partial charge < -0.3 is 20.4 Å². The molecule has 0 unspecified atom stereocenters. The van der Waals surface area contributed by atoms with Crippen molar-refractivity contribution in [1.82, 2.24) is 0 Å². The molecule has 0 spiro atoms. The molecule has 0 atom stereocenters. The van der Waals surface area contributed by atoms with Crippen LogP contribution in [0.4, 0.5) is 0 Å². The van der Waals surface area contributed by atoms with E-state index in [1.54, 1.807) is 13.8 Å². The lowest BCUT2D eigenvalue weighted by molar-refractivity contribution is -0.154. The predicted molar refractivity (Wildman–Crippen MR) is 52.5 cm³/mol. The van der Waals surface area contributed by atoms with Gasteiger partial charge in [-0.2, -0.15) is 0 Å². The zero-order valence-corrected chi connectivity index (χ0v) is 8.93. The average Bonchev–Trinajstić information content (AvgIpc) is 2.21. The molecule has 0 amide bonds. The molecule has 0 aliphatic carbocycles. The third-order valence-corrected chi connectivity index (χ3v) is 2.04. The lowest BCUT2D eigenvalue weighted by Gasteiger charge is -2.21. The normalized spacial score (nSPS) is 10.1. The molecular weight excluding hydrogens is 204 g/mol. The van der Waals surface area contributed by atoms with E-state index in [4.69, 9.17) is 20.4 Å². The van der Waals surface area contributed by atoms with E-state index in [-0.39, 0.29) is 12.8 Å². The summed E-state index contributed by atoms with van der Waals surface area (Å²) < 4.78 is 0. The number of carboxylic acid groups (broad SMARTS) is 2. The summed E-state index contributed by atoms with van der Waals surface area (Å²) >= 11 is 0. The second kappa shape index (κ2) is 8.19. The van der Waals surface area contributed by atoms with Gasteiger partial charge in [0.15, 0.2) is 0 Å². The molecule has 15 heavy (non-hydrogen) atoms. The zero-order chi connectivity index (χ0) is 12.5. The number of aliphatic hydroxyl groups is 2. The van der Waals surface area contributed by atoms with Crippen molar-refractivity contribution in [2.24, 2.45) is 5.41 Å². The molecule has 0 bridgehead atoms. The van der Waals surface area contributed by atoms with Crippen molar-refractivity contribution >= 4 is 11.9 Å². The molecule has 0 rings (SSSR count). The fourth-order valence-corrected chi connectivity index (χ4v) is 0.560. The maximum atomic E-state index is 10.4. The van der Waals surface area contributed by atoms with E-state index in [1.165, 1.54) is 0 Å². The molecule has 0 fully saturated rings. The lowest BCUT2D eigenvalue weighted by atomic mass is 9.87. The predicted octanol–water partition coefficient (Wildman–Crippen LogP) is -0.0670. The van der Waals surface area contributed by atoms with Crippen LogP contribution in [0.1, 0.15) is 26.7 Å². The molecule has 0 aromatic heterocycles. The van der Waals surface area contributed by atoms with Gasteiger partial charge in [-0.1, -0.05) is 13.8 Å². The smallest absolute Gasteiger partial charge is 0.314 e. The Morgan fingerprint density at radius 3 is 1.40 bits per heavy atom. The quantitative estimate of drug-likeness (QED) is 0.517. The minimum Gasteiger partial charge on any atom is -0.481 e. The summed E-state index contributed by atoms with van der Waals surface area (Å²) in [6.45, 7) is 2.17. The Bertz CT molecular complexity index is 189. The van der Waals surface area contributed by atoms with Gasteiger partial charge in [0, 0.05) is 6.42 Å². The Balaban J connectivity index is 0. The SMILES string of the molecule is CCC(=O)O.CCC(CO)(CO)C(=O)O. The van der Waals surface area contributed by atoms with Crippen LogP contribution in [0.2, 0.25) is 0 Å². The first-order valence-electron chi connectivity index (χ1n) is 4.57. The summed E-state index contributed by atoms with van der Waals surface area (Å²) in [4.78, 5) is 19.8. The van der Waals surface area contributed by atoms with E-state index >= 15 is 0 Å². The summed E-state index contributed by atoms with van der Waals surface area (Å²) in [5, 5.41) is 33.4. The van der Waals surface area contributed by atoms with Gasteiger partial charge in [0.05, 0.1) is 13.2 Å². The third kappa shape index (κ3) is 6.03. The molecule has 6 nitrogen and oxygen atoms in total. The maximum Gasteiger partial charge on any atom is 0.314 e. The second-order valence-electron chi connectivity index (χ2n) is 3.00. The maximum absolute atomic E-state index is 10.4. The highest BCUT2D eigenvalue weighted by atomic mass is 16.4. The van der Waals surface area contributed by atoms with Crippen LogP contribution in [-0.2, 0) is 9.59 Å². The second-order valence-corrected chi connectivity index (χ2v) is 3.00. The summed E-state index contributed by atoms with van der Waals surface area (Å²) in [7, 11) is 0. The highest BCUT2D eigenvalue weighted by Gasteiger charge is 2.35. The summed E-state index contributed by atoms with van der Waals surface area (Å²) in [6.07, 6.45) is 0.454. The molecular formula is C9H18O6. The highest BCUT2D eigenvalue weighted by molar-refractivity contribution is 5.74. The number of aliphatic hydroxyl groups excluding tert-OH is 2. The molecule has 90 valence electrons. The first kappa shape index (κ1) is 16.3. The van der Waals surface area contributed by atoms with Crippen molar-refractivity contribution < 1.29 is 30.0 Å². The standard InChI is InChI=1S/C6H12O4.C3H6O2/c1-2-6(3-7,4-8)5(9)10;1-2-3(4)5/h7-8H,2-4H2,1H3,(H,9,10);2H2,1H3,(H,4,5). The van der Waals surface area contributed by atoms with Crippen molar-refractivity contribution in [3.8, 4) is 0 Å². The molecule has 0 radical (unpaired) electrons. The van der Waals surface area contributed by atoms with Gasteiger partial charge in [-0.25, -0.2) is 0 Å². The van der Waals surface area contributed by atoms with Crippen molar-refractivity contribution in [3.63, 3.8) is 0 Å². The van der Waals surface area contributed by atoms with Crippen LogP contribution in [-0.4, -0.2) is 45.6 Å². The monoisotopic (exact) mass is 222 g/mol. The van der Waals surface area contributed by atoms with Crippen molar-refractivity contribution in [2.45, 2.75) is 26.7 Å². The number of hydrogen-bond donors (Lipinski definition) is 4. The van der Waals surface area contributed by atoms with Crippen LogP contribution in [0.3, 0.4) is 0 Å². The highest BCUT2D eigenvalue weighted by Crippen LogP contribution is 2.19. The van der Waals surface area contributed by atoms with Crippen LogP contribution in [0.15, 0.2) is 0 Å². The first-order valence-corrected chi connectivity index (χ1v) is 4.57. The van der Waals surface area contributed by atoms with E-state index < -0.39 is 30.6 Å². The van der Waals surface area contributed by atoms with E-state index in [9.17, 15) is 9.59 Å². The van der Waals surface area contributed by atoms with Gasteiger partial charge in [0.1, 0.15) is 5.41 Å². The lowest BCUT2D eigenvalue weighted by Crippen LogP contribution is -2.37. The van der Waals surface area contributed by atoms with Gasteiger partial charge in [-0.3, -0.25) is 9.59 Å². The molecule has 6 heteroatoms. The van der Waals surface area contributed by atoms with Gasteiger partial charge in [-0.05, 0) is 6.42 Å². The first-order chi connectivity index (χ1) is 6.90. The molecule has 0 aliphatic rings. The van der Waals surface area contributed by atoms with Gasteiger partial charge in [0.2, 0.25) is 0 Å². The van der Waals surface area contributed by atoms with E-state index in [0.717, 1.165) is 0 Å². The average molecular weight is 222 g/mol. The molecule has 0 aliphatic heterocycles. The number of carboxylic acids is 2.